The van der Waals surface area contributed by atoms with Crippen molar-refractivity contribution in [2.24, 2.45) is 0 Å². The first-order valence-electron chi connectivity index (χ1n) is 7.01. The first-order valence-corrected chi connectivity index (χ1v) is 7.01. The van der Waals surface area contributed by atoms with Crippen molar-refractivity contribution in [3.63, 3.8) is 0 Å². The third-order valence-corrected chi connectivity index (χ3v) is 3.88. The molecule has 1 unspecified atom stereocenters. The molecule has 0 amide bonds. The van der Waals surface area contributed by atoms with Gasteiger partial charge in [-0.05, 0) is 25.0 Å². The molecule has 2 rings (SSSR count). The summed E-state index contributed by atoms with van der Waals surface area (Å²) < 4.78 is 0. The van der Waals surface area contributed by atoms with E-state index in [-0.39, 0.29) is 0 Å². The van der Waals surface area contributed by atoms with Gasteiger partial charge in [-0.2, -0.15) is 0 Å². The Balaban J connectivity index is 1.70. The van der Waals surface area contributed by atoms with Crippen molar-refractivity contribution in [3.05, 3.63) is 12.2 Å². The molecule has 3 heteroatoms. The van der Waals surface area contributed by atoms with Gasteiger partial charge in [0.05, 0.1) is 0 Å². The molecule has 3 nitrogen and oxygen atoms in total. The van der Waals surface area contributed by atoms with Crippen LogP contribution in [-0.2, 0) is 0 Å². The Morgan fingerprint density at radius 3 is 2.94 bits per heavy atom. The fourth-order valence-electron chi connectivity index (χ4n) is 2.92. The maximum absolute atomic E-state index is 4.19. The third kappa shape index (κ3) is 3.80. The summed E-state index contributed by atoms with van der Waals surface area (Å²) in [7, 11) is 0. The molecule has 1 atom stereocenters. The second kappa shape index (κ2) is 5.98. The Morgan fingerprint density at radius 2 is 2.18 bits per heavy atom. The Morgan fingerprint density at radius 1 is 1.35 bits per heavy atom. The highest BCUT2D eigenvalue weighted by Crippen LogP contribution is 2.21. The van der Waals surface area contributed by atoms with Gasteiger partial charge in [0.25, 0.3) is 0 Å². The van der Waals surface area contributed by atoms with E-state index in [1.54, 1.807) is 0 Å². The quantitative estimate of drug-likeness (QED) is 0.728. The zero-order valence-corrected chi connectivity index (χ0v) is 11.4. The van der Waals surface area contributed by atoms with Gasteiger partial charge in [0.15, 0.2) is 0 Å². The lowest BCUT2D eigenvalue weighted by Crippen LogP contribution is -2.50. The normalized spacial score (nSPS) is 26.4. The number of piperazine rings is 1. The minimum absolute atomic E-state index is 0.554. The van der Waals surface area contributed by atoms with Crippen molar-refractivity contribution in [2.75, 3.05) is 39.3 Å². The highest BCUT2D eigenvalue weighted by atomic mass is 15.3. The molecule has 2 fully saturated rings. The van der Waals surface area contributed by atoms with Crippen LogP contribution in [0.4, 0.5) is 0 Å². The molecule has 1 N–H and O–H groups in total. The molecule has 0 spiro atoms. The SMILES string of the molecule is C=C(CNC(C)C)CN1CCN2CCCC2C1. The highest BCUT2D eigenvalue weighted by Gasteiger charge is 2.30. The monoisotopic (exact) mass is 237 g/mol. The molecule has 0 radical (unpaired) electrons. The molecule has 0 saturated carbocycles. The summed E-state index contributed by atoms with van der Waals surface area (Å²) in [6.45, 7) is 15.7. The molecule has 0 aromatic carbocycles. The molecule has 0 bridgehead atoms. The van der Waals surface area contributed by atoms with Gasteiger partial charge in [0.2, 0.25) is 0 Å². The predicted octanol–water partition coefficient (Wildman–Crippen LogP) is 1.32. The van der Waals surface area contributed by atoms with Gasteiger partial charge in [-0.15, -0.1) is 0 Å². The fraction of sp³-hybridized carbons (Fsp3) is 0.857. The summed E-state index contributed by atoms with van der Waals surface area (Å²) in [6, 6.07) is 1.38. The summed E-state index contributed by atoms with van der Waals surface area (Å²) in [6.07, 6.45) is 2.79. The average Bonchev–Trinajstić information content (AvgIpc) is 2.73. The molecule has 98 valence electrons. The van der Waals surface area contributed by atoms with Crippen molar-refractivity contribution in [2.45, 2.75) is 38.8 Å². The minimum atomic E-state index is 0.554. The second-order valence-corrected chi connectivity index (χ2v) is 5.85. The van der Waals surface area contributed by atoms with Gasteiger partial charge in [-0.1, -0.05) is 20.4 Å². The maximum Gasteiger partial charge on any atom is 0.0224 e. The van der Waals surface area contributed by atoms with E-state index < -0.39 is 0 Å². The first kappa shape index (κ1) is 13.1. The number of rotatable bonds is 5. The van der Waals surface area contributed by atoms with E-state index in [0.29, 0.717) is 6.04 Å². The van der Waals surface area contributed by atoms with Crippen LogP contribution < -0.4 is 5.32 Å². The van der Waals surface area contributed by atoms with Crippen molar-refractivity contribution in [3.8, 4) is 0 Å². The molecule has 2 heterocycles. The molecule has 0 aromatic heterocycles. The largest absolute Gasteiger partial charge is 0.311 e. The van der Waals surface area contributed by atoms with E-state index in [4.69, 9.17) is 0 Å². The summed E-state index contributed by atoms with van der Waals surface area (Å²) in [5.74, 6) is 0. The lowest BCUT2D eigenvalue weighted by Gasteiger charge is -2.37. The number of nitrogens with one attached hydrogen (secondary N) is 1. The van der Waals surface area contributed by atoms with Crippen LogP contribution >= 0.6 is 0 Å². The standard InChI is InChI=1S/C14H27N3/c1-12(2)15-9-13(3)10-16-7-8-17-6-4-5-14(17)11-16/h12,14-15H,3-11H2,1-2H3. The predicted molar refractivity (Wildman–Crippen MR) is 73.3 cm³/mol. The zero-order valence-electron chi connectivity index (χ0n) is 11.4. The molecule has 2 aliphatic heterocycles. The summed E-state index contributed by atoms with van der Waals surface area (Å²) >= 11 is 0. The number of fused-ring (bicyclic) bond motifs is 1. The molecule has 0 aromatic rings. The van der Waals surface area contributed by atoms with Crippen LogP contribution in [0.2, 0.25) is 0 Å². The smallest absolute Gasteiger partial charge is 0.0224 e. The van der Waals surface area contributed by atoms with Gasteiger partial charge in [-0.25, -0.2) is 0 Å². The first-order chi connectivity index (χ1) is 8.15. The van der Waals surface area contributed by atoms with Crippen LogP contribution in [0, 0.1) is 0 Å². The van der Waals surface area contributed by atoms with Gasteiger partial charge in [0.1, 0.15) is 0 Å². The van der Waals surface area contributed by atoms with E-state index in [9.17, 15) is 0 Å². The minimum Gasteiger partial charge on any atom is -0.311 e. The van der Waals surface area contributed by atoms with Gasteiger partial charge < -0.3 is 5.32 Å². The lowest BCUT2D eigenvalue weighted by atomic mass is 10.1. The molecular weight excluding hydrogens is 210 g/mol. The topological polar surface area (TPSA) is 18.5 Å². The van der Waals surface area contributed by atoms with E-state index >= 15 is 0 Å². The van der Waals surface area contributed by atoms with Crippen LogP contribution in [0.1, 0.15) is 26.7 Å². The lowest BCUT2D eigenvalue weighted by molar-refractivity contribution is 0.111. The molecular formula is C14H27N3. The van der Waals surface area contributed by atoms with Crippen LogP contribution in [0.15, 0.2) is 12.2 Å². The summed E-state index contributed by atoms with van der Waals surface area (Å²) in [4.78, 5) is 5.24. The van der Waals surface area contributed by atoms with Crippen LogP contribution in [0.25, 0.3) is 0 Å². The van der Waals surface area contributed by atoms with Crippen molar-refractivity contribution in [1.82, 2.24) is 15.1 Å². The molecule has 2 aliphatic rings. The molecule has 2 saturated heterocycles. The molecule has 0 aliphatic carbocycles. The second-order valence-electron chi connectivity index (χ2n) is 5.85. The Labute approximate surface area is 106 Å². The average molecular weight is 237 g/mol. The van der Waals surface area contributed by atoms with Crippen LogP contribution in [-0.4, -0.2) is 61.2 Å². The molecule has 17 heavy (non-hydrogen) atoms. The third-order valence-electron chi connectivity index (χ3n) is 3.88. The van der Waals surface area contributed by atoms with E-state index in [2.05, 4.69) is 35.5 Å². The van der Waals surface area contributed by atoms with Gasteiger partial charge >= 0.3 is 0 Å². The van der Waals surface area contributed by atoms with Gasteiger partial charge in [-0.3, -0.25) is 9.80 Å². The Bertz CT molecular complexity index is 262. The number of hydrogen-bond acceptors (Lipinski definition) is 3. The van der Waals surface area contributed by atoms with Crippen molar-refractivity contribution < 1.29 is 0 Å². The van der Waals surface area contributed by atoms with E-state index in [1.165, 1.54) is 44.6 Å². The fourth-order valence-corrected chi connectivity index (χ4v) is 2.92. The summed E-state index contributed by atoms with van der Waals surface area (Å²) in [5, 5.41) is 3.44. The summed E-state index contributed by atoms with van der Waals surface area (Å²) in [5.41, 5.74) is 1.32. The van der Waals surface area contributed by atoms with E-state index in [0.717, 1.165) is 19.1 Å². The number of nitrogens with zero attached hydrogens (tertiary/aromatic N) is 2. The zero-order chi connectivity index (χ0) is 12.3. The van der Waals surface area contributed by atoms with Gasteiger partial charge in [0, 0.05) is 44.8 Å². The maximum atomic E-state index is 4.19. The van der Waals surface area contributed by atoms with Crippen molar-refractivity contribution >= 4 is 0 Å². The van der Waals surface area contributed by atoms with Crippen molar-refractivity contribution in [1.29, 1.82) is 0 Å². The highest BCUT2D eigenvalue weighted by molar-refractivity contribution is 5.01. The van der Waals surface area contributed by atoms with E-state index in [1.807, 2.05) is 0 Å². The Kier molecular flexibility index (Phi) is 4.60. The Hall–Kier alpha value is -0.380. The number of hydrogen-bond donors (Lipinski definition) is 1. The van der Waals surface area contributed by atoms with Crippen LogP contribution in [0.5, 0.6) is 0 Å². The van der Waals surface area contributed by atoms with Crippen LogP contribution in [0.3, 0.4) is 0 Å².